The number of aromatic carboxylic acids is 1. The molecule has 0 radical (unpaired) electrons. The van der Waals surface area contributed by atoms with Crippen LogP contribution in [0.15, 0.2) is 16.5 Å². The molecule has 16 heavy (non-hydrogen) atoms. The van der Waals surface area contributed by atoms with Crippen LogP contribution in [-0.2, 0) is 13.1 Å². The first-order valence-electron chi connectivity index (χ1n) is 4.97. The summed E-state index contributed by atoms with van der Waals surface area (Å²) in [7, 11) is 2.04. The van der Waals surface area contributed by atoms with E-state index in [1.165, 1.54) is 11.1 Å². The van der Waals surface area contributed by atoms with E-state index >= 15 is 0 Å². The monoisotopic (exact) mass is 218 g/mol. The first kappa shape index (κ1) is 9.35. The first-order valence-corrected chi connectivity index (χ1v) is 4.97. The van der Waals surface area contributed by atoms with Gasteiger partial charge in [0.2, 0.25) is 0 Å². The molecule has 1 aliphatic rings. The molecule has 82 valence electrons. The molecule has 0 aliphatic carbocycles. The first-order chi connectivity index (χ1) is 7.63. The fraction of sp³-hybridized carbons (Fsp3) is 0.273. The Hall–Kier alpha value is -1.88. The average molecular weight is 218 g/mol. The third-order valence-electron chi connectivity index (χ3n) is 2.77. The van der Waals surface area contributed by atoms with Gasteiger partial charge in [-0.25, -0.2) is 9.78 Å². The average Bonchev–Trinajstić information content (AvgIpc) is 2.74. The van der Waals surface area contributed by atoms with Crippen LogP contribution in [0.5, 0.6) is 0 Å². The van der Waals surface area contributed by atoms with Crippen LogP contribution in [0.2, 0.25) is 0 Å². The zero-order valence-corrected chi connectivity index (χ0v) is 8.73. The lowest BCUT2D eigenvalue weighted by Gasteiger charge is -2.02. The van der Waals surface area contributed by atoms with E-state index < -0.39 is 5.97 Å². The number of benzene rings is 1. The molecule has 0 saturated carbocycles. The predicted molar refractivity (Wildman–Crippen MR) is 56.1 cm³/mol. The van der Waals surface area contributed by atoms with Crippen LogP contribution in [0, 0.1) is 0 Å². The summed E-state index contributed by atoms with van der Waals surface area (Å²) >= 11 is 0. The number of nitrogens with zero attached hydrogens (tertiary/aromatic N) is 2. The number of oxazole rings is 1. The second-order valence-corrected chi connectivity index (χ2v) is 4.09. The highest BCUT2D eigenvalue weighted by Crippen LogP contribution is 2.27. The smallest absolute Gasteiger partial charge is 0.392 e. The lowest BCUT2D eigenvalue weighted by molar-refractivity contribution is 0.0656. The Morgan fingerprint density at radius 1 is 1.44 bits per heavy atom. The van der Waals surface area contributed by atoms with Crippen LogP contribution in [-0.4, -0.2) is 28.0 Å². The summed E-state index contributed by atoms with van der Waals surface area (Å²) in [4.78, 5) is 16.8. The van der Waals surface area contributed by atoms with Crippen molar-refractivity contribution >= 4 is 17.1 Å². The van der Waals surface area contributed by atoms with Crippen LogP contribution in [0.1, 0.15) is 21.8 Å². The van der Waals surface area contributed by atoms with Gasteiger partial charge in [0.1, 0.15) is 5.52 Å². The van der Waals surface area contributed by atoms with E-state index in [0.29, 0.717) is 11.1 Å². The molecule has 0 atom stereocenters. The molecule has 5 heteroatoms. The van der Waals surface area contributed by atoms with E-state index in [1.54, 1.807) is 0 Å². The predicted octanol–water partition coefficient (Wildman–Crippen LogP) is 1.47. The van der Waals surface area contributed by atoms with Gasteiger partial charge in [0, 0.05) is 13.1 Å². The fourth-order valence-electron chi connectivity index (χ4n) is 2.08. The summed E-state index contributed by atoms with van der Waals surface area (Å²) in [5, 5.41) is 8.77. The molecular formula is C11H10N2O3. The quantitative estimate of drug-likeness (QED) is 0.785. The number of hydrogen-bond acceptors (Lipinski definition) is 4. The van der Waals surface area contributed by atoms with Gasteiger partial charge in [-0.1, -0.05) is 0 Å². The van der Waals surface area contributed by atoms with Crippen LogP contribution < -0.4 is 0 Å². The highest BCUT2D eigenvalue weighted by molar-refractivity contribution is 5.87. The van der Waals surface area contributed by atoms with Gasteiger partial charge in [-0.2, -0.15) is 0 Å². The molecule has 1 aromatic heterocycles. The van der Waals surface area contributed by atoms with Gasteiger partial charge in [0.15, 0.2) is 5.58 Å². The zero-order valence-electron chi connectivity index (χ0n) is 8.73. The Bertz CT molecular complexity index is 545. The number of fused-ring (bicyclic) bond motifs is 2. The summed E-state index contributed by atoms with van der Waals surface area (Å²) in [6.07, 6.45) is 0. The van der Waals surface area contributed by atoms with Crippen molar-refractivity contribution < 1.29 is 14.3 Å². The molecule has 0 amide bonds. The van der Waals surface area contributed by atoms with Crippen LogP contribution in [0.3, 0.4) is 0 Å². The summed E-state index contributed by atoms with van der Waals surface area (Å²) in [6.45, 7) is 1.74. The maximum atomic E-state index is 10.7. The SMILES string of the molecule is CN1Cc2cc3nc(C(=O)O)oc3cc2C1. The van der Waals surface area contributed by atoms with Gasteiger partial charge in [-0.15, -0.1) is 0 Å². The van der Waals surface area contributed by atoms with Crippen molar-refractivity contribution in [3.63, 3.8) is 0 Å². The fourth-order valence-corrected chi connectivity index (χ4v) is 2.08. The number of rotatable bonds is 1. The van der Waals surface area contributed by atoms with Gasteiger partial charge in [-0.05, 0) is 30.3 Å². The van der Waals surface area contributed by atoms with E-state index in [-0.39, 0.29) is 5.89 Å². The molecule has 0 spiro atoms. The van der Waals surface area contributed by atoms with Crippen molar-refractivity contribution in [3.05, 3.63) is 29.2 Å². The van der Waals surface area contributed by atoms with Gasteiger partial charge in [0.05, 0.1) is 0 Å². The van der Waals surface area contributed by atoms with Crippen molar-refractivity contribution in [2.24, 2.45) is 0 Å². The normalized spacial score (nSPS) is 15.6. The molecule has 0 fully saturated rings. The Morgan fingerprint density at radius 3 is 2.81 bits per heavy atom. The van der Waals surface area contributed by atoms with Crippen molar-refractivity contribution in [2.75, 3.05) is 7.05 Å². The minimum Gasteiger partial charge on any atom is -0.474 e. The van der Waals surface area contributed by atoms with Gasteiger partial charge in [-0.3, -0.25) is 4.90 Å². The number of hydrogen-bond donors (Lipinski definition) is 1. The Morgan fingerprint density at radius 2 is 2.12 bits per heavy atom. The molecular weight excluding hydrogens is 208 g/mol. The third kappa shape index (κ3) is 1.29. The van der Waals surface area contributed by atoms with Crippen molar-refractivity contribution in [2.45, 2.75) is 13.1 Å². The largest absolute Gasteiger partial charge is 0.474 e. The summed E-state index contributed by atoms with van der Waals surface area (Å²) in [6, 6.07) is 3.79. The van der Waals surface area contributed by atoms with Crippen molar-refractivity contribution in [3.8, 4) is 0 Å². The Kier molecular flexibility index (Phi) is 1.79. The van der Waals surface area contributed by atoms with Gasteiger partial charge < -0.3 is 9.52 Å². The Balaban J connectivity index is 2.18. The zero-order chi connectivity index (χ0) is 11.3. The number of carboxylic acids is 1. The molecule has 1 N–H and O–H groups in total. The van der Waals surface area contributed by atoms with Crippen LogP contribution >= 0.6 is 0 Å². The highest BCUT2D eigenvalue weighted by Gasteiger charge is 2.19. The lowest BCUT2D eigenvalue weighted by Crippen LogP contribution is -2.07. The van der Waals surface area contributed by atoms with Crippen molar-refractivity contribution in [1.29, 1.82) is 0 Å². The molecule has 2 heterocycles. The number of aromatic nitrogens is 1. The molecule has 0 bridgehead atoms. The van der Waals surface area contributed by atoms with Gasteiger partial charge in [0.25, 0.3) is 0 Å². The number of carboxylic acid groups (broad SMARTS) is 1. The second kappa shape index (κ2) is 3.05. The molecule has 1 aliphatic heterocycles. The second-order valence-electron chi connectivity index (χ2n) is 4.09. The molecule has 5 nitrogen and oxygen atoms in total. The van der Waals surface area contributed by atoms with E-state index in [2.05, 4.69) is 9.88 Å². The maximum Gasteiger partial charge on any atom is 0.392 e. The molecule has 3 rings (SSSR count). The minimum absolute atomic E-state index is 0.243. The van der Waals surface area contributed by atoms with E-state index in [1.807, 2.05) is 19.2 Å². The van der Waals surface area contributed by atoms with Crippen molar-refractivity contribution in [1.82, 2.24) is 9.88 Å². The summed E-state index contributed by atoms with van der Waals surface area (Å²) < 4.78 is 5.16. The van der Waals surface area contributed by atoms with Crippen LogP contribution in [0.25, 0.3) is 11.1 Å². The lowest BCUT2D eigenvalue weighted by atomic mass is 10.1. The maximum absolute atomic E-state index is 10.7. The molecule has 1 aromatic carbocycles. The molecule has 2 aromatic rings. The van der Waals surface area contributed by atoms with Crippen LogP contribution in [0.4, 0.5) is 0 Å². The number of carbonyl (C=O) groups is 1. The highest BCUT2D eigenvalue weighted by atomic mass is 16.4. The van der Waals surface area contributed by atoms with E-state index in [4.69, 9.17) is 9.52 Å². The molecule has 0 unspecified atom stereocenters. The Labute approximate surface area is 91.3 Å². The topological polar surface area (TPSA) is 66.6 Å². The van der Waals surface area contributed by atoms with E-state index in [0.717, 1.165) is 13.1 Å². The third-order valence-corrected chi connectivity index (χ3v) is 2.77. The minimum atomic E-state index is -1.13. The summed E-state index contributed by atoms with van der Waals surface area (Å²) in [5.74, 6) is -1.37. The summed E-state index contributed by atoms with van der Waals surface area (Å²) in [5.41, 5.74) is 3.54. The molecule has 0 saturated heterocycles. The van der Waals surface area contributed by atoms with E-state index in [9.17, 15) is 4.79 Å². The standard InChI is InChI=1S/C11H10N2O3/c1-13-4-6-2-8-9(3-7(6)5-13)16-10(12-8)11(14)15/h2-3H,4-5H2,1H3,(H,14,15). The van der Waals surface area contributed by atoms with Gasteiger partial charge >= 0.3 is 11.9 Å².